The van der Waals surface area contributed by atoms with Crippen molar-refractivity contribution in [3.05, 3.63) is 53.1 Å². The molecule has 0 fully saturated rings. The van der Waals surface area contributed by atoms with Gasteiger partial charge in [-0.25, -0.2) is 13.2 Å². The number of sulfone groups is 1. The normalized spacial score (nSPS) is 10.9. The molecule has 0 bridgehead atoms. The maximum Gasteiger partial charge on any atom is 0.339 e. The highest BCUT2D eigenvalue weighted by Crippen LogP contribution is 2.27. The smallest absolute Gasteiger partial charge is 0.339 e. The number of methoxy groups -OCH3 is 1. The fraction of sp³-hybridized carbons (Fsp3) is 0.222. The lowest BCUT2D eigenvalue weighted by Gasteiger charge is -2.10. The zero-order valence-corrected chi connectivity index (χ0v) is 16.3. The number of anilines is 1. The van der Waals surface area contributed by atoms with E-state index in [0.29, 0.717) is 16.5 Å². The molecule has 0 heterocycles. The van der Waals surface area contributed by atoms with Crippen molar-refractivity contribution in [1.82, 2.24) is 0 Å². The van der Waals surface area contributed by atoms with Gasteiger partial charge in [0.2, 0.25) is 0 Å². The summed E-state index contributed by atoms with van der Waals surface area (Å²) in [5.74, 6) is -1.20. The van der Waals surface area contributed by atoms with Gasteiger partial charge in [-0.05, 0) is 30.3 Å². The molecule has 0 aliphatic heterocycles. The SMILES string of the molecule is CCS(=O)(=O)c1ccccc1C(=O)OCC(=O)Nc1ccc(OC)c(Cl)c1. The quantitative estimate of drug-likeness (QED) is 0.703. The summed E-state index contributed by atoms with van der Waals surface area (Å²) in [7, 11) is -2.13. The van der Waals surface area contributed by atoms with Crippen LogP contribution in [0.15, 0.2) is 47.4 Å². The molecule has 0 atom stereocenters. The van der Waals surface area contributed by atoms with Gasteiger partial charge in [0.1, 0.15) is 5.75 Å². The third-order valence-electron chi connectivity index (χ3n) is 3.59. The fourth-order valence-electron chi connectivity index (χ4n) is 2.21. The number of nitrogens with one attached hydrogen (secondary N) is 1. The second-order valence-corrected chi connectivity index (χ2v) is 8.03. The minimum absolute atomic E-state index is 0.111. The molecule has 1 amide bonds. The number of hydrogen-bond donors (Lipinski definition) is 1. The average molecular weight is 412 g/mol. The predicted molar refractivity (Wildman–Crippen MR) is 101 cm³/mol. The number of hydrogen-bond acceptors (Lipinski definition) is 6. The lowest BCUT2D eigenvalue weighted by Crippen LogP contribution is -2.22. The van der Waals surface area contributed by atoms with E-state index in [1.807, 2.05) is 0 Å². The van der Waals surface area contributed by atoms with Gasteiger partial charge in [0, 0.05) is 5.69 Å². The lowest BCUT2D eigenvalue weighted by molar-refractivity contribution is -0.119. The molecule has 2 rings (SSSR count). The molecule has 2 aromatic carbocycles. The van der Waals surface area contributed by atoms with Crippen molar-refractivity contribution in [2.45, 2.75) is 11.8 Å². The van der Waals surface area contributed by atoms with Crippen LogP contribution in [-0.2, 0) is 19.4 Å². The van der Waals surface area contributed by atoms with E-state index in [0.717, 1.165) is 0 Å². The van der Waals surface area contributed by atoms with Crippen LogP contribution >= 0.6 is 11.6 Å². The highest BCUT2D eigenvalue weighted by molar-refractivity contribution is 7.91. The average Bonchev–Trinajstić information content (AvgIpc) is 2.66. The van der Waals surface area contributed by atoms with Gasteiger partial charge in [0.25, 0.3) is 5.91 Å². The van der Waals surface area contributed by atoms with Crippen molar-refractivity contribution in [3.8, 4) is 5.75 Å². The first-order chi connectivity index (χ1) is 12.8. The molecular weight excluding hydrogens is 394 g/mol. The Kier molecular flexibility index (Phi) is 6.81. The Bertz CT molecular complexity index is 958. The Morgan fingerprint density at radius 3 is 2.48 bits per heavy atom. The number of benzene rings is 2. The first-order valence-corrected chi connectivity index (χ1v) is 9.93. The number of rotatable bonds is 7. The Hall–Kier alpha value is -2.58. The highest BCUT2D eigenvalue weighted by Gasteiger charge is 2.22. The molecule has 0 aliphatic carbocycles. The van der Waals surface area contributed by atoms with Crippen LogP contribution in [0.4, 0.5) is 5.69 Å². The molecule has 1 N–H and O–H groups in total. The van der Waals surface area contributed by atoms with E-state index in [9.17, 15) is 18.0 Å². The van der Waals surface area contributed by atoms with E-state index in [2.05, 4.69) is 5.32 Å². The molecule has 2 aromatic rings. The summed E-state index contributed by atoms with van der Waals surface area (Å²) in [5, 5.41) is 2.83. The molecule has 0 aromatic heterocycles. The van der Waals surface area contributed by atoms with Crippen LogP contribution in [0.2, 0.25) is 5.02 Å². The highest BCUT2D eigenvalue weighted by atomic mass is 35.5. The third kappa shape index (κ3) is 5.21. The monoisotopic (exact) mass is 411 g/mol. The number of ether oxygens (including phenoxy) is 2. The van der Waals surface area contributed by atoms with Gasteiger partial charge >= 0.3 is 5.97 Å². The third-order valence-corrected chi connectivity index (χ3v) is 5.67. The zero-order valence-electron chi connectivity index (χ0n) is 14.7. The minimum atomic E-state index is -3.60. The van der Waals surface area contributed by atoms with Crippen LogP contribution in [0.1, 0.15) is 17.3 Å². The maximum absolute atomic E-state index is 12.2. The van der Waals surface area contributed by atoms with Crippen molar-refractivity contribution in [2.24, 2.45) is 0 Å². The molecule has 9 heteroatoms. The Morgan fingerprint density at radius 1 is 1.15 bits per heavy atom. The standard InChI is InChI=1S/C18H18ClNO6S/c1-3-27(23,24)16-7-5-4-6-13(16)18(22)26-11-17(21)20-12-8-9-15(25-2)14(19)10-12/h4-10H,3,11H2,1-2H3,(H,20,21). The van der Waals surface area contributed by atoms with Gasteiger partial charge in [0.05, 0.1) is 28.3 Å². The molecule has 7 nitrogen and oxygen atoms in total. The van der Waals surface area contributed by atoms with E-state index < -0.39 is 28.3 Å². The number of amides is 1. The molecule has 0 radical (unpaired) electrons. The van der Waals surface area contributed by atoms with Crippen LogP contribution in [0.25, 0.3) is 0 Å². The Labute approximate surface area is 162 Å². The largest absolute Gasteiger partial charge is 0.495 e. The van der Waals surface area contributed by atoms with Crippen molar-refractivity contribution in [2.75, 3.05) is 24.8 Å². The Morgan fingerprint density at radius 2 is 1.85 bits per heavy atom. The topological polar surface area (TPSA) is 98.8 Å². The van der Waals surface area contributed by atoms with E-state index in [-0.39, 0.29) is 16.2 Å². The maximum atomic E-state index is 12.2. The lowest BCUT2D eigenvalue weighted by atomic mass is 10.2. The predicted octanol–water partition coefficient (Wildman–Crippen LogP) is 2.94. The van der Waals surface area contributed by atoms with Crippen LogP contribution in [0.3, 0.4) is 0 Å². The van der Waals surface area contributed by atoms with Crippen LogP contribution in [0, 0.1) is 0 Å². The van der Waals surface area contributed by atoms with Gasteiger partial charge in [-0.1, -0.05) is 30.7 Å². The summed E-state index contributed by atoms with van der Waals surface area (Å²) in [4.78, 5) is 24.1. The van der Waals surface area contributed by atoms with E-state index in [4.69, 9.17) is 21.1 Å². The zero-order chi connectivity index (χ0) is 20.0. The van der Waals surface area contributed by atoms with Crippen molar-refractivity contribution in [3.63, 3.8) is 0 Å². The summed E-state index contributed by atoms with van der Waals surface area (Å²) in [5.41, 5.74) is 0.287. The second kappa shape index (κ2) is 8.88. The molecule has 0 saturated carbocycles. The summed E-state index contributed by atoms with van der Waals surface area (Å²) >= 11 is 5.98. The van der Waals surface area contributed by atoms with Gasteiger partial charge in [0.15, 0.2) is 16.4 Å². The van der Waals surface area contributed by atoms with Gasteiger partial charge in [-0.3, -0.25) is 4.79 Å². The summed E-state index contributed by atoms with van der Waals surface area (Å²) in [6.07, 6.45) is 0. The molecule has 0 saturated heterocycles. The second-order valence-electron chi connectivity index (χ2n) is 5.37. The summed E-state index contributed by atoms with van der Waals surface area (Å²) < 4.78 is 34.1. The molecule has 0 spiro atoms. The van der Waals surface area contributed by atoms with E-state index >= 15 is 0 Å². The number of carbonyl (C=O) groups excluding carboxylic acids is 2. The van der Waals surface area contributed by atoms with E-state index in [1.165, 1.54) is 44.4 Å². The Balaban J connectivity index is 2.04. The summed E-state index contributed by atoms with van der Waals surface area (Å²) in [6, 6.07) is 10.3. The van der Waals surface area contributed by atoms with Crippen LogP contribution < -0.4 is 10.1 Å². The molecule has 27 heavy (non-hydrogen) atoms. The van der Waals surface area contributed by atoms with Crippen molar-refractivity contribution >= 4 is 39.0 Å². The first kappa shape index (κ1) is 20.7. The van der Waals surface area contributed by atoms with Crippen molar-refractivity contribution < 1.29 is 27.5 Å². The number of carbonyl (C=O) groups is 2. The van der Waals surface area contributed by atoms with Gasteiger partial charge in [-0.2, -0.15) is 0 Å². The van der Waals surface area contributed by atoms with Crippen molar-refractivity contribution in [1.29, 1.82) is 0 Å². The number of halogens is 1. The van der Waals surface area contributed by atoms with Gasteiger partial charge < -0.3 is 14.8 Å². The van der Waals surface area contributed by atoms with Crippen LogP contribution in [0.5, 0.6) is 5.75 Å². The molecule has 144 valence electrons. The molecule has 0 aliphatic rings. The minimum Gasteiger partial charge on any atom is -0.495 e. The van der Waals surface area contributed by atoms with E-state index in [1.54, 1.807) is 12.1 Å². The first-order valence-electron chi connectivity index (χ1n) is 7.90. The molecule has 0 unspecified atom stereocenters. The molecular formula is C18H18ClNO6S. The summed E-state index contributed by atoms with van der Waals surface area (Å²) in [6.45, 7) is 0.897. The fourth-order valence-corrected chi connectivity index (χ4v) is 3.55. The number of esters is 1. The van der Waals surface area contributed by atoms with Gasteiger partial charge in [-0.15, -0.1) is 0 Å². The van der Waals surface area contributed by atoms with Crippen LogP contribution in [-0.4, -0.2) is 39.8 Å².